The van der Waals surface area contributed by atoms with Crippen LogP contribution in [0.25, 0.3) is 0 Å². The summed E-state index contributed by atoms with van der Waals surface area (Å²) in [6.45, 7) is 9.50. The minimum atomic E-state index is -4.95. The Morgan fingerprint density at radius 1 is 0.326 bits per heavy atom. The van der Waals surface area contributed by atoms with Crippen LogP contribution in [-0.2, 0) is 65.4 Å². The van der Waals surface area contributed by atoms with Crippen molar-refractivity contribution in [1.29, 1.82) is 0 Å². The molecule has 0 rings (SSSR count). The van der Waals surface area contributed by atoms with Gasteiger partial charge < -0.3 is 33.8 Å². The molecule has 3 unspecified atom stereocenters. The first kappa shape index (κ1) is 87.1. The molecule has 19 heteroatoms. The first-order valence-corrected chi connectivity index (χ1v) is 39.5. The van der Waals surface area contributed by atoms with Gasteiger partial charge in [0.15, 0.2) is 12.2 Å². The lowest BCUT2D eigenvalue weighted by molar-refractivity contribution is -0.161. The molecular weight excluding hydrogens is 1170 g/mol. The molecule has 3 N–H and O–H groups in total. The van der Waals surface area contributed by atoms with Gasteiger partial charge in [0.25, 0.3) is 0 Å². The fourth-order valence-corrected chi connectivity index (χ4v) is 12.1. The first-order valence-electron chi connectivity index (χ1n) is 36.5. The van der Waals surface area contributed by atoms with Crippen LogP contribution in [0.5, 0.6) is 0 Å². The average Bonchev–Trinajstić information content (AvgIpc) is 3.72. The number of hydrogen-bond donors (Lipinski definition) is 3. The third kappa shape index (κ3) is 63.2. The molecule has 0 aliphatic carbocycles. The van der Waals surface area contributed by atoms with Crippen LogP contribution in [0.4, 0.5) is 0 Å². The topological polar surface area (TPSA) is 237 Å². The van der Waals surface area contributed by atoms with Crippen molar-refractivity contribution in [2.24, 2.45) is 11.8 Å². The van der Waals surface area contributed by atoms with Gasteiger partial charge in [-0.2, -0.15) is 0 Å². The Bertz CT molecular complexity index is 1740. The van der Waals surface area contributed by atoms with Crippen molar-refractivity contribution in [2.75, 3.05) is 39.6 Å². The predicted molar refractivity (Wildman–Crippen MR) is 358 cm³/mol. The molecule has 6 atom stereocenters. The van der Waals surface area contributed by atoms with E-state index in [9.17, 15) is 43.2 Å². The molecule has 0 aliphatic heterocycles. The van der Waals surface area contributed by atoms with E-state index in [1.807, 2.05) is 0 Å². The van der Waals surface area contributed by atoms with Gasteiger partial charge in [-0.05, 0) is 37.5 Å². The maximum atomic E-state index is 13.0. The lowest BCUT2D eigenvalue weighted by atomic mass is 10.00. The number of phosphoric ester groups is 2. The third-order valence-corrected chi connectivity index (χ3v) is 18.5. The van der Waals surface area contributed by atoms with Gasteiger partial charge in [0, 0.05) is 25.7 Å². The maximum absolute atomic E-state index is 13.0. The fraction of sp³-hybridized carbons (Fsp3) is 0.943. The smallest absolute Gasteiger partial charge is 0.462 e. The molecule has 0 radical (unpaired) electrons. The molecule has 17 nitrogen and oxygen atoms in total. The molecule has 0 saturated carbocycles. The monoisotopic (exact) mass is 1310 g/mol. The highest BCUT2D eigenvalue weighted by atomic mass is 31.2. The van der Waals surface area contributed by atoms with Crippen LogP contribution in [0.1, 0.15) is 356 Å². The summed E-state index contributed by atoms with van der Waals surface area (Å²) in [4.78, 5) is 72.5. The molecule has 0 spiro atoms. The summed E-state index contributed by atoms with van der Waals surface area (Å²) in [5.74, 6) is -0.629. The number of aliphatic hydroxyl groups excluding tert-OH is 1. The highest BCUT2D eigenvalue weighted by Gasteiger charge is 2.30. The number of rotatable bonds is 69. The molecule has 0 heterocycles. The Balaban J connectivity index is 5.24. The molecular formula is C70H136O17P2. The van der Waals surface area contributed by atoms with Crippen molar-refractivity contribution in [3.8, 4) is 0 Å². The summed E-state index contributed by atoms with van der Waals surface area (Å²) in [5.41, 5.74) is 0. The van der Waals surface area contributed by atoms with E-state index in [2.05, 4.69) is 41.5 Å². The van der Waals surface area contributed by atoms with Gasteiger partial charge >= 0.3 is 39.5 Å². The lowest BCUT2D eigenvalue weighted by Crippen LogP contribution is -2.30. The average molecular weight is 1310 g/mol. The molecule has 0 amide bonds. The summed E-state index contributed by atoms with van der Waals surface area (Å²) in [7, 11) is -9.90. The molecule has 0 saturated heterocycles. The van der Waals surface area contributed by atoms with Crippen molar-refractivity contribution in [1.82, 2.24) is 0 Å². The first-order chi connectivity index (χ1) is 42.9. The standard InChI is InChI=1S/C70H136O17P2/c1-7-10-12-14-16-18-20-21-22-26-30-34-41-47-53-68(73)80-58-65(86-69(74)54-48-42-35-31-27-24-23-25-28-32-38-44-50-62(4)5)60-84-88(76,77)82-56-64(71)57-83-89(78,79)85-61-66(87-70(75)55-49-43-37-36-39-45-51-63(6)9-3)59-81-67(72)52-46-40-33-29-19-17-15-13-11-8-2/h62-66,71H,7-61H2,1-6H3,(H,76,77)(H,78,79)/t63?,64-,65-,66-/m1/s1. The second-order valence-corrected chi connectivity index (χ2v) is 28.9. The largest absolute Gasteiger partial charge is 0.472 e. The Morgan fingerprint density at radius 2 is 0.573 bits per heavy atom. The van der Waals surface area contributed by atoms with Crippen LogP contribution in [-0.4, -0.2) is 96.7 Å². The van der Waals surface area contributed by atoms with Crippen LogP contribution in [0, 0.1) is 11.8 Å². The fourth-order valence-electron chi connectivity index (χ4n) is 10.6. The molecule has 0 aromatic carbocycles. The number of aliphatic hydroxyl groups is 1. The van der Waals surface area contributed by atoms with Crippen molar-refractivity contribution in [2.45, 2.75) is 374 Å². The number of carbonyl (C=O) groups is 4. The normalized spacial score (nSPS) is 14.4. The zero-order valence-electron chi connectivity index (χ0n) is 57.7. The maximum Gasteiger partial charge on any atom is 0.472 e. The third-order valence-electron chi connectivity index (χ3n) is 16.6. The Morgan fingerprint density at radius 3 is 0.854 bits per heavy atom. The number of carbonyl (C=O) groups excluding carboxylic acids is 4. The van der Waals surface area contributed by atoms with Gasteiger partial charge in [0.2, 0.25) is 0 Å². The number of esters is 4. The number of ether oxygens (including phenoxy) is 4. The van der Waals surface area contributed by atoms with Crippen molar-refractivity contribution in [3.05, 3.63) is 0 Å². The number of unbranched alkanes of at least 4 members (excludes halogenated alkanes) is 38. The summed E-state index contributed by atoms with van der Waals surface area (Å²) < 4.78 is 68.3. The number of phosphoric acid groups is 2. The van der Waals surface area contributed by atoms with Crippen LogP contribution < -0.4 is 0 Å². The van der Waals surface area contributed by atoms with E-state index in [4.69, 9.17) is 37.0 Å². The lowest BCUT2D eigenvalue weighted by Gasteiger charge is -2.21. The number of hydrogen-bond acceptors (Lipinski definition) is 15. The Hall–Kier alpha value is -1.94. The minimum absolute atomic E-state index is 0.103. The summed E-state index contributed by atoms with van der Waals surface area (Å²) in [6.07, 6.45) is 47.1. The van der Waals surface area contributed by atoms with Crippen LogP contribution in [0.15, 0.2) is 0 Å². The highest BCUT2D eigenvalue weighted by Crippen LogP contribution is 2.45. The minimum Gasteiger partial charge on any atom is -0.462 e. The van der Waals surface area contributed by atoms with Gasteiger partial charge in [-0.1, -0.05) is 305 Å². The summed E-state index contributed by atoms with van der Waals surface area (Å²) >= 11 is 0. The Labute approximate surface area is 543 Å². The van der Waals surface area contributed by atoms with Crippen LogP contribution >= 0.6 is 15.6 Å². The molecule has 528 valence electrons. The van der Waals surface area contributed by atoms with E-state index in [0.29, 0.717) is 25.7 Å². The zero-order valence-corrected chi connectivity index (χ0v) is 59.5. The van der Waals surface area contributed by atoms with E-state index < -0.39 is 97.5 Å². The highest BCUT2D eigenvalue weighted by molar-refractivity contribution is 7.47. The second kappa shape index (κ2) is 62.2. The summed E-state index contributed by atoms with van der Waals surface area (Å²) in [6, 6.07) is 0. The summed E-state index contributed by atoms with van der Waals surface area (Å²) in [5, 5.41) is 10.6. The van der Waals surface area contributed by atoms with Gasteiger partial charge in [-0.3, -0.25) is 37.3 Å². The van der Waals surface area contributed by atoms with Gasteiger partial charge in [-0.25, -0.2) is 9.13 Å². The second-order valence-electron chi connectivity index (χ2n) is 26.0. The zero-order chi connectivity index (χ0) is 65.7. The van der Waals surface area contributed by atoms with Gasteiger partial charge in [0.05, 0.1) is 26.4 Å². The quantitative estimate of drug-likeness (QED) is 0.0222. The molecule has 0 aromatic rings. The van der Waals surface area contributed by atoms with Crippen LogP contribution in [0.3, 0.4) is 0 Å². The van der Waals surface area contributed by atoms with E-state index in [1.54, 1.807) is 0 Å². The van der Waals surface area contributed by atoms with E-state index in [-0.39, 0.29) is 25.7 Å². The molecule has 0 bridgehead atoms. The molecule has 0 aromatic heterocycles. The van der Waals surface area contributed by atoms with Crippen LogP contribution in [0.2, 0.25) is 0 Å². The predicted octanol–water partition coefficient (Wildman–Crippen LogP) is 20.0. The van der Waals surface area contributed by atoms with Crippen molar-refractivity contribution >= 4 is 39.5 Å². The Kier molecular flexibility index (Phi) is 60.8. The molecule has 0 aliphatic rings. The van der Waals surface area contributed by atoms with E-state index >= 15 is 0 Å². The van der Waals surface area contributed by atoms with Gasteiger partial charge in [-0.15, -0.1) is 0 Å². The van der Waals surface area contributed by atoms with E-state index in [1.165, 1.54) is 173 Å². The molecule has 0 fully saturated rings. The van der Waals surface area contributed by atoms with Crippen molar-refractivity contribution in [3.63, 3.8) is 0 Å². The SMILES string of the molecule is CCCCCCCCCCCCCCCCC(=O)OC[C@H](COP(=O)(O)OC[C@@H](O)COP(=O)(O)OC[C@@H](COC(=O)CCCCCCCCCCCC)OC(=O)CCCCCCCCC(C)CC)OC(=O)CCCCCCCCCCCCCCC(C)C. The van der Waals surface area contributed by atoms with Crippen molar-refractivity contribution < 1.29 is 80.2 Å². The van der Waals surface area contributed by atoms with Gasteiger partial charge in [0.1, 0.15) is 19.3 Å². The molecule has 89 heavy (non-hydrogen) atoms. The van der Waals surface area contributed by atoms with E-state index in [0.717, 1.165) is 102 Å².